The Balaban J connectivity index is 0.00000242. The molecule has 23 heavy (non-hydrogen) atoms. The van der Waals surface area contributed by atoms with Crippen molar-refractivity contribution in [3.05, 3.63) is 16.1 Å². The SMILES string of the molecule is CC(C)CN1CCOC(CNC(=O)c2csc(CN)n2)C1.Cl.Cl. The Morgan fingerprint density at radius 2 is 2.30 bits per heavy atom. The molecule has 1 aromatic heterocycles. The molecule has 1 unspecified atom stereocenters. The van der Waals surface area contributed by atoms with Gasteiger partial charge in [0.05, 0.1) is 12.7 Å². The van der Waals surface area contributed by atoms with Crippen LogP contribution in [0.4, 0.5) is 0 Å². The lowest BCUT2D eigenvalue weighted by Gasteiger charge is -2.33. The minimum Gasteiger partial charge on any atom is -0.374 e. The molecule has 0 radical (unpaired) electrons. The Morgan fingerprint density at radius 3 is 2.91 bits per heavy atom. The van der Waals surface area contributed by atoms with Crippen molar-refractivity contribution in [1.29, 1.82) is 0 Å². The van der Waals surface area contributed by atoms with E-state index in [4.69, 9.17) is 10.5 Å². The van der Waals surface area contributed by atoms with E-state index in [1.165, 1.54) is 11.3 Å². The number of nitrogens with two attached hydrogens (primary N) is 1. The number of morpholine rings is 1. The highest BCUT2D eigenvalue weighted by atomic mass is 35.5. The third kappa shape index (κ3) is 7.32. The van der Waals surface area contributed by atoms with Crippen LogP contribution < -0.4 is 11.1 Å². The van der Waals surface area contributed by atoms with Crippen LogP contribution in [0.1, 0.15) is 29.3 Å². The van der Waals surface area contributed by atoms with Crippen molar-refractivity contribution in [3.8, 4) is 0 Å². The molecule has 9 heteroatoms. The van der Waals surface area contributed by atoms with Gasteiger partial charge in [0.25, 0.3) is 5.91 Å². The molecule has 134 valence electrons. The zero-order chi connectivity index (χ0) is 15.2. The number of ether oxygens (including phenoxy) is 1. The highest BCUT2D eigenvalue weighted by molar-refractivity contribution is 7.09. The molecule has 0 saturated carbocycles. The Bertz CT molecular complexity index is 473. The summed E-state index contributed by atoms with van der Waals surface area (Å²) in [5.41, 5.74) is 5.94. The van der Waals surface area contributed by atoms with E-state index in [1.807, 2.05) is 0 Å². The van der Waals surface area contributed by atoms with Gasteiger partial charge in [0.15, 0.2) is 0 Å². The molecule has 1 atom stereocenters. The predicted octanol–water partition coefficient (Wildman–Crippen LogP) is 1.53. The van der Waals surface area contributed by atoms with E-state index in [1.54, 1.807) is 5.38 Å². The molecule has 1 amide bonds. The molecular weight excluding hydrogens is 359 g/mol. The standard InChI is InChI=1S/C14H24N4O2S.2ClH/c1-10(2)7-18-3-4-20-11(8-18)6-16-14(19)12-9-21-13(5-15)17-12;;/h9-11H,3-8,15H2,1-2H3,(H,16,19);2*1H. The van der Waals surface area contributed by atoms with Crippen molar-refractivity contribution in [3.63, 3.8) is 0 Å². The van der Waals surface area contributed by atoms with Crippen LogP contribution in [0, 0.1) is 5.92 Å². The van der Waals surface area contributed by atoms with Crippen molar-refractivity contribution in [2.24, 2.45) is 11.7 Å². The van der Waals surface area contributed by atoms with Gasteiger partial charge in [-0.3, -0.25) is 9.69 Å². The van der Waals surface area contributed by atoms with E-state index in [-0.39, 0.29) is 36.8 Å². The fourth-order valence-electron chi connectivity index (χ4n) is 2.39. The van der Waals surface area contributed by atoms with Gasteiger partial charge in [-0.2, -0.15) is 0 Å². The number of amides is 1. The molecule has 0 spiro atoms. The summed E-state index contributed by atoms with van der Waals surface area (Å²) < 4.78 is 5.71. The van der Waals surface area contributed by atoms with Crippen LogP contribution in [0.2, 0.25) is 0 Å². The van der Waals surface area contributed by atoms with Crippen LogP contribution in [0.15, 0.2) is 5.38 Å². The van der Waals surface area contributed by atoms with Crippen LogP contribution >= 0.6 is 36.2 Å². The normalized spacial score (nSPS) is 18.2. The van der Waals surface area contributed by atoms with Gasteiger partial charge in [0.1, 0.15) is 10.7 Å². The largest absolute Gasteiger partial charge is 0.374 e. The van der Waals surface area contributed by atoms with Gasteiger partial charge in [-0.15, -0.1) is 36.2 Å². The number of nitrogens with zero attached hydrogens (tertiary/aromatic N) is 2. The number of hydrogen-bond donors (Lipinski definition) is 2. The summed E-state index contributed by atoms with van der Waals surface area (Å²) >= 11 is 1.41. The predicted molar refractivity (Wildman–Crippen MR) is 97.9 cm³/mol. The maximum absolute atomic E-state index is 12.0. The second-order valence-corrected chi connectivity index (χ2v) is 6.63. The lowest BCUT2D eigenvalue weighted by molar-refractivity contribution is -0.0295. The van der Waals surface area contributed by atoms with Gasteiger partial charge in [0.2, 0.25) is 0 Å². The number of thiazole rings is 1. The molecule has 2 heterocycles. The summed E-state index contributed by atoms with van der Waals surface area (Å²) in [4.78, 5) is 18.6. The topological polar surface area (TPSA) is 80.5 Å². The molecule has 1 aliphatic heterocycles. The zero-order valence-corrected chi connectivity index (χ0v) is 15.9. The van der Waals surface area contributed by atoms with E-state index in [2.05, 4.69) is 29.0 Å². The molecule has 0 aromatic carbocycles. The molecule has 6 nitrogen and oxygen atoms in total. The molecule has 0 bridgehead atoms. The van der Waals surface area contributed by atoms with Crippen LogP contribution in [0.5, 0.6) is 0 Å². The van der Waals surface area contributed by atoms with Crippen LogP contribution in [0.25, 0.3) is 0 Å². The quantitative estimate of drug-likeness (QED) is 0.777. The van der Waals surface area contributed by atoms with E-state index in [9.17, 15) is 4.79 Å². The highest BCUT2D eigenvalue weighted by Crippen LogP contribution is 2.10. The number of nitrogens with one attached hydrogen (secondary N) is 1. The first kappa shape index (κ1) is 22.6. The Hall–Kier alpha value is -0.440. The van der Waals surface area contributed by atoms with Gasteiger partial charge in [-0.1, -0.05) is 13.8 Å². The van der Waals surface area contributed by atoms with Crippen molar-refractivity contribution >= 4 is 42.1 Å². The second-order valence-electron chi connectivity index (χ2n) is 5.69. The molecule has 3 N–H and O–H groups in total. The van der Waals surface area contributed by atoms with Gasteiger partial charge >= 0.3 is 0 Å². The van der Waals surface area contributed by atoms with E-state index >= 15 is 0 Å². The summed E-state index contributed by atoms with van der Waals surface area (Å²) in [5.74, 6) is 0.485. The Labute approximate surface area is 154 Å². The average Bonchev–Trinajstić information content (AvgIpc) is 2.93. The first-order chi connectivity index (χ1) is 10.1. The Morgan fingerprint density at radius 1 is 1.57 bits per heavy atom. The number of rotatable bonds is 6. The third-order valence-electron chi connectivity index (χ3n) is 3.30. The zero-order valence-electron chi connectivity index (χ0n) is 13.5. The van der Waals surface area contributed by atoms with Gasteiger partial charge in [-0.25, -0.2) is 4.98 Å². The van der Waals surface area contributed by atoms with E-state index in [0.717, 1.165) is 31.2 Å². The summed E-state index contributed by atoms with van der Waals surface area (Å²) in [5, 5.41) is 5.41. The second kappa shape index (κ2) is 11.2. The number of carbonyl (C=O) groups is 1. The van der Waals surface area contributed by atoms with Crippen LogP contribution in [0.3, 0.4) is 0 Å². The first-order valence-electron chi connectivity index (χ1n) is 7.35. The molecule has 1 aliphatic rings. The third-order valence-corrected chi connectivity index (χ3v) is 4.17. The monoisotopic (exact) mass is 384 g/mol. The van der Waals surface area contributed by atoms with E-state index < -0.39 is 0 Å². The summed E-state index contributed by atoms with van der Waals surface area (Å²) in [7, 11) is 0. The number of halogens is 2. The summed E-state index contributed by atoms with van der Waals surface area (Å²) in [6.45, 7) is 8.93. The summed E-state index contributed by atoms with van der Waals surface area (Å²) in [6.07, 6.45) is 0.0501. The molecule has 0 aliphatic carbocycles. The molecule has 1 fully saturated rings. The highest BCUT2D eigenvalue weighted by Gasteiger charge is 2.22. The molecule has 2 rings (SSSR count). The smallest absolute Gasteiger partial charge is 0.270 e. The minimum absolute atomic E-state index is 0. The van der Waals surface area contributed by atoms with Gasteiger partial charge < -0.3 is 15.8 Å². The minimum atomic E-state index is -0.157. The fraction of sp³-hybridized carbons (Fsp3) is 0.714. The lowest BCUT2D eigenvalue weighted by Crippen LogP contribution is -2.48. The van der Waals surface area contributed by atoms with Gasteiger partial charge in [-0.05, 0) is 5.92 Å². The molecule has 1 saturated heterocycles. The Kier molecular flexibility index (Phi) is 11.0. The van der Waals surface area contributed by atoms with Crippen LogP contribution in [-0.2, 0) is 11.3 Å². The van der Waals surface area contributed by atoms with Crippen LogP contribution in [-0.4, -0.2) is 54.7 Å². The number of aromatic nitrogens is 1. The maximum atomic E-state index is 12.0. The van der Waals surface area contributed by atoms with E-state index in [0.29, 0.717) is 24.7 Å². The summed E-state index contributed by atoms with van der Waals surface area (Å²) in [6, 6.07) is 0. The fourth-order valence-corrected chi connectivity index (χ4v) is 3.05. The number of carbonyl (C=O) groups excluding carboxylic acids is 1. The average molecular weight is 385 g/mol. The first-order valence-corrected chi connectivity index (χ1v) is 8.23. The van der Waals surface area contributed by atoms with Crippen molar-refractivity contribution < 1.29 is 9.53 Å². The number of hydrogen-bond acceptors (Lipinski definition) is 6. The van der Waals surface area contributed by atoms with Crippen molar-refractivity contribution in [2.45, 2.75) is 26.5 Å². The lowest BCUT2D eigenvalue weighted by atomic mass is 10.2. The van der Waals surface area contributed by atoms with Gasteiger partial charge in [0, 0.05) is 38.1 Å². The van der Waals surface area contributed by atoms with Crippen molar-refractivity contribution in [1.82, 2.24) is 15.2 Å². The maximum Gasteiger partial charge on any atom is 0.270 e. The molecule has 1 aromatic rings. The van der Waals surface area contributed by atoms with Crippen molar-refractivity contribution in [2.75, 3.05) is 32.8 Å². The molecular formula is C14H26Cl2N4O2S.